The summed E-state index contributed by atoms with van der Waals surface area (Å²) in [4.78, 5) is 8.59. The van der Waals surface area contributed by atoms with Crippen LogP contribution >= 0.6 is 0 Å². The van der Waals surface area contributed by atoms with E-state index in [9.17, 15) is 0 Å². The van der Waals surface area contributed by atoms with E-state index >= 15 is 0 Å². The van der Waals surface area contributed by atoms with Gasteiger partial charge in [0.2, 0.25) is 5.88 Å². The van der Waals surface area contributed by atoms with Gasteiger partial charge >= 0.3 is 0 Å². The lowest BCUT2D eigenvalue weighted by molar-refractivity contribution is 0.397. The van der Waals surface area contributed by atoms with Crippen molar-refractivity contribution in [3.8, 4) is 5.88 Å². The first-order valence-corrected chi connectivity index (χ1v) is 6.64. The van der Waals surface area contributed by atoms with Gasteiger partial charge in [0.05, 0.1) is 18.3 Å². The van der Waals surface area contributed by atoms with Crippen LogP contribution in [0.25, 0.3) is 10.9 Å². The summed E-state index contributed by atoms with van der Waals surface area (Å²) in [6.07, 6.45) is 3.56. The zero-order valence-electron chi connectivity index (χ0n) is 11.7. The molecule has 1 aromatic carbocycles. The number of rotatable bonds is 4. The largest absolute Gasteiger partial charge is 0.481 e. The summed E-state index contributed by atoms with van der Waals surface area (Å²) in [5.74, 6) is 0.610. The number of hydrogen-bond donors (Lipinski definition) is 2. The molecular weight excluding hydrogens is 264 g/mol. The number of hydrogen-bond acceptors (Lipinski definition) is 5. The molecule has 21 heavy (non-hydrogen) atoms. The van der Waals surface area contributed by atoms with Crippen LogP contribution in [0.3, 0.4) is 0 Å². The minimum Gasteiger partial charge on any atom is -0.481 e. The SMILES string of the molecule is COc1ccc(CNc2ccc(N)c3cccnc23)cn1. The maximum Gasteiger partial charge on any atom is 0.212 e. The lowest BCUT2D eigenvalue weighted by Crippen LogP contribution is -2.02. The summed E-state index contributed by atoms with van der Waals surface area (Å²) in [5, 5.41) is 4.32. The summed E-state index contributed by atoms with van der Waals surface area (Å²) in [5.41, 5.74) is 9.60. The second-order valence-electron chi connectivity index (χ2n) is 4.66. The van der Waals surface area contributed by atoms with Crippen LogP contribution in [0.4, 0.5) is 11.4 Å². The standard InChI is InChI=1S/C16H16N4O/c1-21-15-7-4-11(10-20-15)9-19-14-6-5-13(17)12-3-2-8-18-16(12)14/h2-8,10,19H,9,17H2,1H3. The number of nitrogens with two attached hydrogens (primary N) is 1. The smallest absolute Gasteiger partial charge is 0.212 e. The topological polar surface area (TPSA) is 73.1 Å². The van der Waals surface area contributed by atoms with E-state index in [1.165, 1.54) is 0 Å². The van der Waals surface area contributed by atoms with Crippen molar-refractivity contribution in [1.82, 2.24) is 9.97 Å². The second-order valence-corrected chi connectivity index (χ2v) is 4.66. The fourth-order valence-corrected chi connectivity index (χ4v) is 2.17. The van der Waals surface area contributed by atoms with Crippen molar-refractivity contribution in [2.45, 2.75) is 6.54 Å². The number of nitrogens with one attached hydrogen (secondary N) is 1. The molecule has 2 aromatic heterocycles. The monoisotopic (exact) mass is 280 g/mol. The third-order valence-corrected chi connectivity index (χ3v) is 3.29. The second kappa shape index (κ2) is 5.66. The van der Waals surface area contributed by atoms with Crippen LogP contribution in [0.2, 0.25) is 0 Å². The first kappa shape index (κ1) is 13.2. The molecule has 0 atom stereocenters. The third-order valence-electron chi connectivity index (χ3n) is 3.29. The molecule has 0 radical (unpaired) electrons. The van der Waals surface area contributed by atoms with Crippen LogP contribution in [0.1, 0.15) is 5.56 Å². The van der Waals surface area contributed by atoms with Crippen molar-refractivity contribution in [3.05, 3.63) is 54.4 Å². The Bertz CT molecular complexity index is 756. The van der Waals surface area contributed by atoms with Gasteiger partial charge in [-0.3, -0.25) is 4.98 Å². The van der Waals surface area contributed by atoms with E-state index in [1.54, 1.807) is 19.5 Å². The van der Waals surface area contributed by atoms with E-state index < -0.39 is 0 Å². The normalized spacial score (nSPS) is 10.5. The van der Waals surface area contributed by atoms with Crippen molar-refractivity contribution in [3.63, 3.8) is 0 Å². The highest BCUT2D eigenvalue weighted by Gasteiger charge is 2.05. The lowest BCUT2D eigenvalue weighted by atomic mass is 10.1. The van der Waals surface area contributed by atoms with Gasteiger partial charge in [0.15, 0.2) is 0 Å². The quantitative estimate of drug-likeness (QED) is 0.719. The zero-order valence-corrected chi connectivity index (χ0v) is 11.7. The van der Waals surface area contributed by atoms with Crippen LogP contribution in [0, 0.1) is 0 Å². The van der Waals surface area contributed by atoms with E-state index in [4.69, 9.17) is 10.5 Å². The molecule has 0 fully saturated rings. The van der Waals surface area contributed by atoms with E-state index in [2.05, 4.69) is 15.3 Å². The number of nitrogen functional groups attached to an aromatic ring is 1. The fourth-order valence-electron chi connectivity index (χ4n) is 2.17. The van der Waals surface area contributed by atoms with Crippen LogP contribution in [0.15, 0.2) is 48.8 Å². The number of ether oxygens (including phenoxy) is 1. The molecule has 5 heteroatoms. The summed E-state index contributed by atoms with van der Waals surface area (Å²) in [7, 11) is 1.60. The first-order valence-electron chi connectivity index (χ1n) is 6.64. The average molecular weight is 280 g/mol. The molecule has 3 rings (SSSR count). The molecule has 3 aromatic rings. The van der Waals surface area contributed by atoms with Crippen molar-refractivity contribution in [1.29, 1.82) is 0 Å². The highest BCUT2D eigenvalue weighted by molar-refractivity contribution is 5.98. The van der Waals surface area contributed by atoms with Gasteiger partial charge in [-0.25, -0.2) is 4.98 Å². The Kier molecular flexibility index (Phi) is 3.55. The van der Waals surface area contributed by atoms with Crippen molar-refractivity contribution >= 4 is 22.3 Å². The lowest BCUT2D eigenvalue weighted by Gasteiger charge is -2.10. The van der Waals surface area contributed by atoms with E-state index in [0.717, 1.165) is 27.8 Å². The number of fused-ring (bicyclic) bond motifs is 1. The zero-order chi connectivity index (χ0) is 14.7. The molecule has 0 unspecified atom stereocenters. The molecule has 5 nitrogen and oxygen atoms in total. The Morgan fingerprint density at radius 3 is 2.81 bits per heavy atom. The van der Waals surface area contributed by atoms with Crippen molar-refractivity contribution in [2.24, 2.45) is 0 Å². The Labute approximate surface area is 122 Å². The molecule has 0 spiro atoms. The summed E-state index contributed by atoms with van der Waals surface area (Å²) in [6, 6.07) is 11.5. The number of anilines is 2. The number of aromatic nitrogens is 2. The van der Waals surface area contributed by atoms with Gasteiger partial charge in [-0.2, -0.15) is 0 Å². The maximum atomic E-state index is 5.97. The molecule has 0 aliphatic rings. The van der Waals surface area contributed by atoms with Crippen LogP contribution in [-0.4, -0.2) is 17.1 Å². The number of nitrogens with zero attached hydrogens (tertiary/aromatic N) is 2. The van der Waals surface area contributed by atoms with Crippen LogP contribution in [-0.2, 0) is 6.54 Å². The van der Waals surface area contributed by atoms with Crippen molar-refractivity contribution in [2.75, 3.05) is 18.2 Å². The molecule has 0 bridgehead atoms. The molecular formula is C16H16N4O. The van der Waals surface area contributed by atoms with Gasteiger partial charge in [-0.1, -0.05) is 6.07 Å². The van der Waals surface area contributed by atoms with Crippen LogP contribution < -0.4 is 15.8 Å². The summed E-state index contributed by atoms with van der Waals surface area (Å²) < 4.78 is 5.05. The molecule has 0 aliphatic heterocycles. The Morgan fingerprint density at radius 1 is 1.14 bits per heavy atom. The average Bonchev–Trinajstić information content (AvgIpc) is 2.55. The molecule has 0 amide bonds. The van der Waals surface area contributed by atoms with Gasteiger partial charge in [-0.05, 0) is 29.8 Å². The predicted molar refractivity (Wildman–Crippen MR) is 84.3 cm³/mol. The molecule has 2 heterocycles. The first-order chi connectivity index (χ1) is 10.3. The molecule has 0 saturated heterocycles. The van der Waals surface area contributed by atoms with Gasteiger partial charge in [0, 0.05) is 36.1 Å². The highest BCUT2D eigenvalue weighted by atomic mass is 16.5. The Hall–Kier alpha value is -2.82. The molecule has 106 valence electrons. The maximum absolute atomic E-state index is 5.97. The van der Waals surface area contributed by atoms with E-state index in [0.29, 0.717) is 12.4 Å². The number of pyridine rings is 2. The highest BCUT2D eigenvalue weighted by Crippen LogP contribution is 2.26. The van der Waals surface area contributed by atoms with E-state index in [1.807, 2.05) is 36.4 Å². The molecule has 0 aliphatic carbocycles. The Morgan fingerprint density at radius 2 is 2.05 bits per heavy atom. The van der Waals surface area contributed by atoms with E-state index in [-0.39, 0.29) is 0 Å². The fraction of sp³-hybridized carbons (Fsp3) is 0.125. The van der Waals surface area contributed by atoms with Crippen molar-refractivity contribution < 1.29 is 4.74 Å². The number of methoxy groups -OCH3 is 1. The minimum absolute atomic E-state index is 0.610. The molecule has 0 saturated carbocycles. The van der Waals surface area contributed by atoms with Crippen LogP contribution in [0.5, 0.6) is 5.88 Å². The summed E-state index contributed by atoms with van der Waals surface area (Å²) in [6.45, 7) is 0.659. The minimum atomic E-state index is 0.610. The Balaban J connectivity index is 1.83. The van der Waals surface area contributed by atoms with Gasteiger partial charge in [-0.15, -0.1) is 0 Å². The molecule has 3 N–H and O–H groups in total. The number of benzene rings is 1. The van der Waals surface area contributed by atoms with Gasteiger partial charge in [0.25, 0.3) is 0 Å². The van der Waals surface area contributed by atoms with Gasteiger partial charge < -0.3 is 15.8 Å². The van der Waals surface area contributed by atoms with Gasteiger partial charge in [0.1, 0.15) is 0 Å². The third kappa shape index (κ3) is 2.72. The summed E-state index contributed by atoms with van der Waals surface area (Å²) >= 11 is 0. The predicted octanol–water partition coefficient (Wildman–Crippen LogP) is 2.83.